The number of hydrogen-bond donors (Lipinski definition) is 2. The van der Waals surface area contributed by atoms with Gasteiger partial charge in [0.25, 0.3) is 0 Å². The molecular formula is C15H20N6O2. The lowest BCUT2D eigenvalue weighted by atomic mass is 10.1. The summed E-state index contributed by atoms with van der Waals surface area (Å²) >= 11 is 0. The highest BCUT2D eigenvalue weighted by atomic mass is 16.4. The number of carboxylic acids is 1. The Balaban J connectivity index is 1.71. The fraction of sp³-hybridized carbons (Fsp3) is 0.467. The van der Waals surface area contributed by atoms with Crippen LogP contribution in [0.2, 0.25) is 0 Å². The van der Waals surface area contributed by atoms with Crippen LogP contribution in [-0.4, -0.2) is 74.2 Å². The first-order chi connectivity index (χ1) is 11.0. The number of rotatable bonds is 5. The number of nitrogens with zero attached hydrogens (tertiary/aromatic N) is 5. The molecule has 1 aromatic heterocycles. The van der Waals surface area contributed by atoms with Gasteiger partial charge in [-0.15, -0.1) is 10.2 Å². The zero-order valence-electron chi connectivity index (χ0n) is 13.2. The summed E-state index contributed by atoms with van der Waals surface area (Å²) < 4.78 is 0. The monoisotopic (exact) mass is 316 g/mol. The van der Waals surface area contributed by atoms with Gasteiger partial charge in [-0.1, -0.05) is 24.3 Å². The average Bonchev–Trinajstić information content (AvgIpc) is 3.17. The van der Waals surface area contributed by atoms with Crippen molar-refractivity contribution in [2.75, 3.05) is 20.6 Å². The van der Waals surface area contributed by atoms with Gasteiger partial charge in [-0.2, -0.15) is 5.21 Å². The predicted octanol–water partition coefficient (Wildman–Crippen LogP) is 0.456. The van der Waals surface area contributed by atoms with Crippen molar-refractivity contribution < 1.29 is 9.90 Å². The highest BCUT2D eigenvalue weighted by Gasteiger charge is 2.37. The van der Waals surface area contributed by atoms with Crippen molar-refractivity contribution >= 4 is 5.97 Å². The molecule has 3 rings (SSSR count). The number of likely N-dealkylation sites (N-methyl/N-ethyl adjacent to an activating group) is 1. The fourth-order valence-corrected chi connectivity index (χ4v) is 2.96. The molecule has 0 radical (unpaired) electrons. The standard InChI is InChI=1S/C15H20N6O2/c1-20(2)12-7-13(15(22)23)21(9-12)8-10-3-5-11(6-4-10)14-16-18-19-17-14/h3-6,12-13H,7-9H2,1-2H3,(H,22,23)(H,16,17,18,19). The van der Waals surface area contributed by atoms with E-state index in [2.05, 4.69) is 25.5 Å². The number of aromatic amines is 1. The molecule has 23 heavy (non-hydrogen) atoms. The van der Waals surface area contributed by atoms with Crippen molar-refractivity contribution in [1.82, 2.24) is 30.4 Å². The number of carboxylic acid groups (broad SMARTS) is 1. The number of likely N-dealkylation sites (tertiary alicyclic amines) is 1. The van der Waals surface area contributed by atoms with Gasteiger partial charge in [0, 0.05) is 24.7 Å². The van der Waals surface area contributed by atoms with Gasteiger partial charge < -0.3 is 10.0 Å². The summed E-state index contributed by atoms with van der Waals surface area (Å²) in [5.41, 5.74) is 1.95. The lowest BCUT2D eigenvalue weighted by Gasteiger charge is -2.22. The van der Waals surface area contributed by atoms with Gasteiger partial charge in [0.05, 0.1) is 0 Å². The van der Waals surface area contributed by atoms with Crippen LogP contribution in [0.4, 0.5) is 0 Å². The number of carbonyl (C=O) groups is 1. The molecule has 1 aromatic carbocycles. The largest absolute Gasteiger partial charge is 0.480 e. The molecule has 2 aromatic rings. The zero-order chi connectivity index (χ0) is 16.4. The molecular weight excluding hydrogens is 296 g/mol. The van der Waals surface area contributed by atoms with Gasteiger partial charge >= 0.3 is 5.97 Å². The number of benzene rings is 1. The van der Waals surface area contributed by atoms with E-state index in [0.29, 0.717) is 18.8 Å². The van der Waals surface area contributed by atoms with Gasteiger partial charge in [-0.3, -0.25) is 9.69 Å². The summed E-state index contributed by atoms with van der Waals surface area (Å²) in [6.07, 6.45) is 0.656. The van der Waals surface area contributed by atoms with Crippen molar-refractivity contribution in [2.45, 2.75) is 25.0 Å². The Morgan fingerprint density at radius 2 is 2.13 bits per heavy atom. The third-order valence-corrected chi connectivity index (χ3v) is 4.34. The van der Waals surface area contributed by atoms with E-state index in [9.17, 15) is 9.90 Å². The summed E-state index contributed by atoms with van der Waals surface area (Å²) in [6, 6.07) is 7.65. The lowest BCUT2D eigenvalue weighted by molar-refractivity contribution is -0.142. The van der Waals surface area contributed by atoms with E-state index in [-0.39, 0.29) is 6.04 Å². The lowest BCUT2D eigenvalue weighted by Crippen LogP contribution is -2.35. The Labute approximate surface area is 134 Å². The molecule has 2 atom stereocenters. The van der Waals surface area contributed by atoms with Crippen LogP contribution in [0.5, 0.6) is 0 Å². The van der Waals surface area contributed by atoms with Crippen molar-refractivity contribution in [2.24, 2.45) is 0 Å². The number of aliphatic carboxylic acids is 1. The van der Waals surface area contributed by atoms with E-state index in [1.807, 2.05) is 43.3 Å². The van der Waals surface area contributed by atoms with E-state index in [1.165, 1.54) is 0 Å². The molecule has 1 aliphatic heterocycles. The molecule has 1 saturated heterocycles. The summed E-state index contributed by atoms with van der Waals surface area (Å²) in [5, 5.41) is 23.3. The fourth-order valence-electron chi connectivity index (χ4n) is 2.96. The van der Waals surface area contributed by atoms with Crippen molar-refractivity contribution in [3.8, 4) is 11.4 Å². The van der Waals surface area contributed by atoms with E-state index in [4.69, 9.17) is 0 Å². The molecule has 0 aliphatic carbocycles. The zero-order valence-corrected chi connectivity index (χ0v) is 13.2. The Kier molecular flexibility index (Phi) is 4.35. The van der Waals surface area contributed by atoms with Gasteiger partial charge in [-0.25, -0.2) is 0 Å². The normalized spacial score (nSPS) is 21.9. The van der Waals surface area contributed by atoms with Gasteiger partial charge in [0.15, 0.2) is 0 Å². The number of hydrogen-bond acceptors (Lipinski definition) is 6. The van der Waals surface area contributed by atoms with Gasteiger partial charge in [0.2, 0.25) is 5.82 Å². The quantitative estimate of drug-likeness (QED) is 0.826. The first kappa shape index (κ1) is 15.6. The maximum Gasteiger partial charge on any atom is 0.320 e. The van der Waals surface area contributed by atoms with E-state index >= 15 is 0 Å². The summed E-state index contributed by atoms with van der Waals surface area (Å²) in [5.74, 6) is -0.202. The molecule has 1 aliphatic rings. The number of H-pyrrole nitrogens is 1. The molecule has 0 spiro atoms. The highest BCUT2D eigenvalue weighted by molar-refractivity contribution is 5.74. The third-order valence-electron chi connectivity index (χ3n) is 4.34. The number of aromatic nitrogens is 4. The molecule has 8 heteroatoms. The van der Waals surface area contributed by atoms with E-state index in [1.54, 1.807) is 0 Å². The van der Waals surface area contributed by atoms with Crippen molar-refractivity contribution in [3.63, 3.8) is 0 Å². The van der Waals surface area contributed by atoms with Crippen LogP contribution in [0, 0.1) is 0 Å². The van der Waals surface area contributed by atoms with Crippen LogP contribution in [0.25, 0.3) is 11.4 Å². The van der Waals surface area contributed by atoms with Crippen LogP contribution in [-0.2, 0) is 11.3 Å². The Hall–Kier alpha value is -2.32. The molecule has 2 N–H and O–H groups in total. The third kappa shape index (κ3) is 3.38. The van der Waals surface area contributed by atoms with Crippen LogP contribution in [0.15, 0.2) is 24.3 Å². The molecule has 0 amide bonds. The maximum absolute atomic E-state index is 11.5. The minimum Gasteiger partial charge on any atom is -0.480 e. The summed E-state index contributed by atoms with van der Waals surface area (Å²) in [4.78, 5) is 15.6. The molecule has 0 bridgehead atoms. The second kappa shape index (κ2) is 6.43. The SMILES string of the molecule is CN(C)C1CC(C(=O)O)N(Cc2ccc(-c3nn[nH]n3)cc2)C1. The van der Waals surface area contributed by atoms with Crippen LogP contribution >= 0.6 is 0 Å². The number of tetrazole rings is 1. The summed E-state index contributed by atoms with van der Waals surface area (Å²) in [7, 11) is 3.99. The van der Waals surface area contributed by atoms with Crippen LogP contribution < -0.4 is 0 Å². The smallest absolute Gasteiger partial charge is 0.320 e. The minimum absolute atomic E-state index is 0.273. The first-order valence-corrected chi connectivity index (χ1v) is 7.50. The van der Waals surface area contributed by atoms with Crippen molar-refractivity contribution in [1.29, 1.82) is 0 Å². The second-order valence-corrected chi connectivity index (χ2v) is 6.07. The van der Waals surface area contributed by atoms with Crippen LogP contribution in [0.3, 0.4) is 0 Å². The Bertz CT molecular complexity index is 655. The van der Waals surface area contributed by atoms with Gasteiger partial charge in [0.1, 0.15) is 6.04 Å². The van der Waals surface area contributed by atoms with E-state index < -0.39 is 12.0 Å². The molecule has 1 fully saturated rings. The van der Waals surface area contributed by atoms with E-state index in [0.717, 1.165) is 17.7 Å². The molecule has 2 unspecified atom stereocenters. The van der Waals surface area contributed by atoms with Crippen molar-refractivity contribution in [3.05, 3.63) is 29.8 Å². The minimum atomic E-state index is -0.752. The molecule has 122 valence electrons. The van der Waals surface area contributed by atoms with Crippen LogP contribution in [0.1, 0.15) is 12.0 Å². The molecule has 2 heterocycles. The van der Waals surface area contributed by atoms with Gasteiger partial charge in [-0.05, 0) is 31.3 Å². The maximum atomic E-state index is 11.5. The summed E-state index contributed by atoms with van der Waals surface area (Å²) in [6.45, 7) is 1.38. The predicted molar refractivity (Wildman–Crippen MR) is 83.5 cm³/mol. The first-order valence-electron chi connectivity index (χ1n) is 7.50. The molecule has 0 saturated carbocycles. The highest BCUT2D eigenvalue weighted by Crippen LogP contribution is 2.24. The average molecular weight is 316 g/mol. The molecule has 8 nitrogen and oxygen atoms in total. The topological polar surface area (TPSA) is 98.2 Å². The second-order valence-electron chi connectivity index (χ2n) is 6.07. The Morgan fingerprint density at radius 1 is 1.39 bits per heavy atom. The number of nitrogens with one attached hydrogen (secondary N) is 1. The Morgan fingerprint density at radius 3 is 2.70 bits per heavy atom.